The van der Waals surface area contributed by atoms with Crippen molar-refractivity contribution in [3.05, 3.63) is 41.5 Å². The highest BCUT2D eigenvalue weighted by Crippen LogP contribution is 2.35. The zero-order chi connectivity index (χ0) is 29.6. The van der Waals surface area contributed by atoms with Crippen LogP contribution in [0.1, 0.15) is 29.4 Å². The number of carbonyl (C=O) groups is 3. The quantitative estimate of drug-likeness (QED) is 0.368. The van der Waals surface area contributed by atoms with Crippen molar-refractivity contribution in [2.24, 2.45) is 13.0 Å². The van der Waals surface area contributed by atoms with Crippen LogP contribution in [0.5, 0.6) is 5.75 Å². The summed E-state index contributed by atoms with van der Waals surface area (Å²) in [4.78, 5) is 38.4. The number of anilines is 1. The second-order valence-corrected chi connectivity index (χ2v) is 11.5. The lowest BCUT2D eigenvalue weighted by molar-refractivity contribution is -0.162. The van der Waals surface area contributed by atoms with Crippen molar-refractivity contribution >= 4 is 33.4 Å². The van der Waals surface area contributed by atoms with Crippen LogP contribution in [-0.2, 0) is 26.7 Å². The van der Waals surface area contributed by atoms with Gasteiger partial charge >= 0.3 is 18.0 Å². The number of carbonyl (C=O) groups excluding carboxylic acids is 3. The summed E-state index contributed by atoms with van der Waals surface area (Å²) >= 11 is 0. The zero-order valence-corrected chi connectivity index (χ0v) is 22.5. The van der Waals surface area contributed by atoms with Gasteiger partial charge in [0, 0.05) is 44.0 Å². The summed E-state index contributed by atoms with van der Waals surface area (Å²) in [6, 6.07) is 0.801. The maximum Gasteiger partial charge on any atom is 0.408 e. The molecule has 2 aromatic rings. The normalized spacial score (nSPS) is 21.1. The fraction of sp³-hybridized carbons (Fsp3) is 0.458. The number of aryl methyl sites for hydroxylation is 2. The van der Waals surface area contributed by atoms with Gasteiger partial charge in [-0.05, 0) is 44.0 Å². The van der Waals surface area contributed by atoms with Crippen LogP contribution in [0.4, 0.5) is 23.2 Å². The summed E-state index contributed by atoms with van der Waals surface area (Å²) in [6.45, 7) is 1.86. The molecule has 1 aromatic carbocycles. The standard InChI is InChI=1S/C24H27F4N5O6S/c1-12-8-15(4-5-16(12)25)30-21(34)19-20-18(10-32(19)3)40(37,38)31-17-9-33(7-6-14(17)11-39-20)23(36)22(35)29-13(2)24(26,27)28/h4-5,8,10,13-14,17,31H,6-7,9,11H2,1-3H3,(H,29,35)(H,30,34). The number of hydrogen-bond donors (Lipinski definition) is 3. The van der Waals surface area contributed by atoms with E-state index in [4.69, 9.17) is 4.74 Å². The number of fused-ring (bicyclic) bond motifs is 2. The smallest absolute Gasteiger partial charge is 0.408 e. The van der Waals surface area contributed by atoms with Gasteiger partial charge in [0.05, 0.1) is 6.61 Å². The van der Waals surface area contributed by atoms with Crippen LogP contribution in [0.2, 0.25) is 0 Å². The Morgan fingerprint density at radius 1 is 1.23 bits per heavy atom. The van der Waals surface area contributed by atoms with Crippen LogP contribution in [-0.4, -0.2) is 73.6 Å². The number of ether oxygens (including phenoxy) is 1. The highest BCUT2D eigenvalue weighted by Gasteiger charge is 2.42. The molecule has 40 heavy (non-hydrogen) atoms. The van der Waals surface area contributed by atoms with Gasteiger partial charge in [0.15, 0.2) is 11.4 Å². The molecule has 0 saturated carbocycles. The lowest BCUT2D eigenvalue weighted by Gasteiger charge is -2.39. The molecular formula is C24H27F4N5O6S. The average Bonchev–Trinajstić information content (AvgIpc) is 3.20. The average molecular weight is 590 g/mol. The lowest BCUT2D eigenvalue weighted by Crippen LogP contribution is -2.58. The van der Waals surface area contributed by atoms with Crippen LogP contribution in [0.3, 0.4) is 0 Å². The minimum Gasteiger partial charge on any atom is -0.489 e. The molecule has 2 aliphatic rings. The molecule has 3 unspecified atom stereocenters. The predicted octanol–water partition coefficient (Wildman–Crippen LogP) is 1.68. The van der Waals surface area contributed by atoms with Crippen molar-refractivity contribution in [2.75, 3.05) is 25.0 Å². The molecule has 16 heteroatoms. The third-order valence-electron chi connectivity index (χ3n) is 6.85. The molecule has 218 valence electrons. The van der Waals surface area contributed by atoms with Crippen molar-refractivity contribution in [2.45, 2.75) is 43.4 Å². The summed E-state index contributed by atoms with van der Waals surface area (Å²) in [5.74, 6) is -4.50. The molecule has 3 amide bonds. The van der Waals surface area contributed by atoms with Gasteiger partial charge in [-0.2, -0.15) is 13.2 Å². The first-order chi connectivity index (χ1) is 18.6. The Labute approximate surface area is 226 Å². The molecule has 2 aliphatic heterocycles. The Morgan fingerprint density at radius 2 is 1.93 bits per heavy atom. The van der Waals surface area contributed by atoms with Gasteiger partial charge in [-0.1, -0.05) is 0 Å². The number of sulfonamides is 1. The maximum absolute atomic E-state index is 13.6. The molecular weight excluding hydrogens is 562 g/mol. The van der Waals surface area contributed by atoms with Gasteiger partial charge in [-0.25, -0.2) is 17.5 Å². The maximum atomic E-state index is 13.6. The first-order valence-electron chi connectivity index (χ1n) is 12.2. The monoisotopic (exact) mass is 589 g/mol. The van der Waals surface area contributed by atoms with E-state index < -0.39 is 57.7 Å². The van der Waals surface area contributed by atoms with E-state index in [0.29, 0.717) is 12.5 Å². The number of amides is 3. The number of alkyl halides is 3. The first kappa shape index (κ1) is 29.3. The second kappa shape index (κ2) is 10.7. The fourth-order valence-electron chi connectivity index (χ4n) is 4.54. The highest BCUT2D eigenvalue weighted by atomic mass is 32.2. The van der Waals surface area contributed by atoms with Crippen molar-refractivity contribution in [1.29, 1.82) is 0 Å². The minimum atomic E-state index is -4.74. The summed E-state index contributed by atoms with van der Waals surface area (Å²) in [5, 5.41) is 4.21. The molecule has 3 atom stereocenters. The first-order valence-corrected chi connectivity index (χ1v) is 13.6. The molecule has 0 bridgehead atoms. The van der Waals surface area contributed by atoms with Gasteiger partial charge in [0.25, 0.3) is 5.91 Å². The molecule has 1 saturated heterocycles. The molecule has 0 spiro atoms. The molecule has 1 fully saturated rings. The van der Waals surface area contributed by atoms with Crippen LogP contribution >= 0.6 is 0 Å². The van der Waals surface area contributed by atoms with E-state index in [-0.39, 0.29) is 48.1 Å². The SMILES string of the molecule is Cc1cc(NC(=O)c2c3c(cn2C)S(=O)(=O)NC2CN(C(=O)C(=O)NC(C)C(F)(F)F)CCC2CO3)ccc1F. The molecule has 4 rings (SSSR count). The van der Waals surface area contributed by atoms with Crippen LogP contribution in [0, 0.1) is 18.7 Å². The van der Waals surface area contributed by atoms with Gasteiger partial charge in [0.1, 0.15) is 16.8 Å². The molecule has 3 heterocycles. The van der Waals surface area contributed by atoms with Crippen LogP contribution in [0.15, 0.2) is 29.3 Å². The second-order valence-electron chi connectivity index (χ2n) is 9.78. The predicted molar refractivity (Wildman–Crippen MR) is 132 cm³/mol. The van der Waals surface area contributed by atoms with E-state index in [0.717, 1.165) is 4.90 Å². The molecule has 0 radical (unpaired) electrons. The van der Waals surface area contributed by atoms with E-state index in [2.05, 4.69) is 10.0 Å². The van der Waals surface area contributed by atoms with E-state index in [1.54, 1.807) is 5.32 Å². The number of nitrogens with one attached hydrogen (secondary N) is 3. The third-order valence-corrected chi connectivity index (χ3v) is 8.33. The molecule has 1 aromatic heterocycles. The van der Waals surface area contributed by atoms with Crippen LogP contribution in [0.25, 0.3) is 0 Å². The number of likely N-dealkylation sites (tertiary alicyclic amines) is 1. The number of piperidine rings is 1. The number of rotatable bonds is 3. The van der Waals surface area contributed by atoms with Gasteiger partial charge in [-0.3, -0.25) is 14.4 Å². The number of nitrogens with zero attached hydrogens (tertiary/aromatic N) is 2. The Bertz CT molecular complexity index is 1460. The zero-order valence-electron chi connectivity index (χ0n) is 21.6. The van der Waals surface area contributed by atoms with E-state index in [1.807, 2.05) is 0 Å². The largest absolute Gasteiger partial charge is 0.489 e. The lowest BCUT2D eigenvalue weighted by atomic mass is 9.93. The summed E-state index contributed by atoms with van der Waals surface area (Å²) in [7, 11) is -2.87. The Hall–Kier alpha value is -3.66. The topological polar surface area (TPSA) is 139 Å². The summed E-state index contributed by atoms with van der Waals surface area (Å²) in [5.41, 5.74) is 0.492. The third kappa shape index (κ3) is 5.91. The van der Waals surface area contributed by atoms with E-state index in [9.17, 15) is 40.4 Å². The minimum absolute atomic E-state index is 0.0299. The van der Waals surface area contributed by atoms with Crippen molar-refractivity contribution in [1.82, 2.24) is 19.5 Å². The van der Waals surface area contributed by atoms with Crippen molar-refractivity contribution in [3.8, 4) is 5.75 Å². The Morgan fingerprint density at radius 3 is 2.58 bits per heavy atom. The van der Waals surface area contributed by atoms with Gasteiger partial charge in [-0.15, -0.1) is 0 Å². The molecule has 0 aliphatic carbocycles. The van der Waals surface area contributed by atoms with Crippen molar-refractivity contribution in [3.63, 3.8) is 0 Å². The number of halogens is 4. The summed E-state index contributed by atoms with van der Waals surface area (Å²) in [6.07, 6.45) is -3.39. The number of benzene rings is 1. The van der Waals surface area contributed by atoms with Crippen molar-refractivity contribution < 1.29 is 45.1 Å². The van der Waals surface area contributed by atoms with E-state index in [1.165, 1.54) is 42.9 Å². The fourth-order valence-corrected chi connectivity index (χ4v) is 6.03. The van der Waals surface area contributed by atoms with Gasteiger partial charge in [0.2, 0.25) is 10.0 Å². The van der Waals surface area contributed by atoms with Crippen LogP contribution < -0.4 is 20.1 Å². The Balaban J connectivity index is 1.53. The molecule has 11 nitrogen and oxygen atoms in total. The van der Waals surface area contributed by atoms with E-state index >= 15 is 0 Å². The number of aromatic nitrogens is 1. The molecule has 3 N–H and O–H groups in total. The van der Waals surface area contributed by atoms with Gasteiger partial charge < -0.3 is 24.8 Å². The number of hydrogen-bond acceptors (Lipinski definition) is 6. The Kier molecular flexibility index (Phi) is 7.86. The summed E-state index contributed by atoms with van der Waals surface area (Å²) < 4.78 is 88.2. The highest BCUT2D eigenvalue weighted by molar-refractivity contribution is 7.89.